The van der Waals surface area contributed by atoms with Crippen molar-refractivity contribution in [2.75, 3.05) is 23.7 Å². The molecule has 1 atom stereocenters. The Labute approximate surface area is 248 Å². The van der Waals surface area contributed by atoms with Crippen molar-refractivity contribution in [2.45, 2.75) is 32.4 Å². The van der Waals surface area contributed by atoms with Gasteiger partial charge >= 0.3 is 0 Å². The Balaban J connectivity index is 2.08. The van der Waals surface area contributed by atoms with Crippen LogP contribution in [0.5, 0.6) is 0 Å². The number of nitrogens with one attached hydrogen (secondary N) is 1. The summed E-state index contributed by atoms with van der Waals surface area (Å²) in [5.41, 5.74) is 1.62. The Morgan fingerprint density at radius 3 is 2.13 bits per heavy atom. The van der Waals surface area contributed by atoms with Gasteiger partial charge in [-0.25, -0.2) is 8.42 Å². The third kappa shape index (κ3) is 8.70. The van der Waals surface area contributed by atoms with Crippen LogP contribution in [0.15, 0.2) is 77.3 Å². The first kappa shape index (κ1) is 30.9. The van der Waals surface area contributed by atoms with Gasteiger partial charge in [-0.1, -0.05) is 82.5 Å². The molecule has 0 aromatic heterocycles. The molecule has 3 rings (SSSR count). The third-order valence-electron chi connectivity index (χ3n) is 6.00. The van der Waals surface area contributed by atoms with Crippen LogP contribution >= 0.6 is 39.1 Å². The molecule has 2 amide bonds. The summed E-state index contributed by atoms with van der Waals surface area (Å²) in [5.74, 6) is -0.932. The quantitative estimate of drug-likeness (QED) is 0.272. The maximum Gasteiger partial charge on any atom is 0.244 e. The van der Waals surface area contributed by atoms with E-state index in [9.17, 15) is 18.0 Å². The van der Waals surface area contributed by atoms with E-state index in [1.54, 1.807) is 42.5 Å². The highest BCUT2D eigenvalue weighted by atomic mass is 79.9. The highest BCUT2D eigenvalue weighted by Gasteiger charge is 2.33. The fourth-order valence-corrected chi connectivity index (χ4v) is 5.63. The molecule has 0 spiro atoms. The van der Waals surface area contributed by atoms with Gasteiger partial charge < -0.3 is 10.2 Å². The fourth-order valence-electron chi connectivity index (χ4n) is 3.99. The van der Waals surface area contributed by atoms with Crippen molar-refractivity contribution < 1.29 is 18.0 Å². The zero-order chi connectivity index (χ0) is 28.6. The number of benzene rings is 3. The number of hydrogen-bond donors (Lipinski definition) is 1. The van der Waals surface area contributed by atoms with Gasteiger partial charge in [-0.05, 0) is 48.4 Å². The molecule has 0 aliphatic heterocycles. The SMILES string of the molecule is CCCNC(=O)C(Cc1ccccc1)N(Cc1c(Cl)cccc1Cl)C(=O)CN(c1ccc(Br)cc1)S(C)(=O)=O. The lowest BCUT2D eigenvalue weighted by Crippen LogP contribution is -2.53. The zero-order valence-corrected chi connectivity index (χ0v) is 25.5. The minimum absolute atomic E-state index is 0.0909. The van der Waals surface area contributed by atoms with Gasteiger partial charge in [0.25, 0.3) is 0 Å². The summed E-state index contributed by atoms with van der Waals surface area (Å²) >= 11 is 16.3. The number of rotatable bonds is 12. The number of nitrogens with zero attached hydrogens (tertiary/aromatic N) is 2. The molecule has 3 aromatic carbocycles. The minimum Gasteiger partial charge on any atom is -0.354 e. The number of carbonyl (C=O) groups excluding carboxylic acids is 2. The molecule has 0 fully saturated rings. The van der Waals surface area contributed by atoms with Crippen molar-refractivity contribution in [3.05, 3.63) is 98.4 Å². The van der Waals surface area contributed by atoms with E-state index in [2.05, 4.69) is 21.2 Å². The summed E-state index contributed by atoms with van der Waals surface area (Å²) in [5, 5.41) is 3.56. The molecule has 39 heavy (non-hydrogen) atoms. The van der Waals surface area contributed by atoms with Crippen LogP contribution in [0, 0.1) is 0 Å². The maximum atomic E-state index is 14.0. The maximum absolute atomic E-state index is 14.0. The van der Waals surface area contributed by atoms with Crippen molar-refractivity contribution in [2.24, 2.45) is 0 Å². The van der Waals surface area contributed by atoms with Crippen LogP contribution in [-0.4, -0.2) is 50.5 Å². The Kier molecular flexibility index (Phi) is 11.2. The Morgan fingerprint density at radius 2 is 1.56 bits per heavy atom. The number of amides is 2. The molecule has 0 radical (unpaired) electrons. The second-order valence-corrected chi connectivity index (χ2v) is 12.6. The number of halogens is 3. The van der Waals surface area contributed by atoms with Crippen molar-refractivity contribution in [1.29, 1.82) is 0 Å². The molecule has 11 heteroatoms. The van der Waals surface area contributed by atoms with Gasteiger partial charge in [-0.15, -0.1) is 0 Å². The second kappa shape index (κ2) is 14.2. The number of anilines is 1. The van der Waals surface area contributed by atoms with Crippen LogP contribution in [0.1, 0.15) is 24.5 Å². The van der Waals surface area contributed by atoms with Crippen molar-refractivity contribution in [1.82, 2.24) is 10.2 Å². The first-order chi connectivity index (χ1) is 18.5. The van der Waals surface area contributed by atoms with Gasteiger partial charge in [-0.3, -0.25) is 13.9 Å². The van der Waals surface area contributed by atoms with Gasteiger partial charge in [-0.2, -0.15) is 0 Å². The molecule has 0 bridgehead atoms. The summed E-state index contributed by atoms with van der Waals surface area (Å²) in [4.78, 5) is 28.9. The van der Waals surface area contributed by atoms with Crippen LogP contribution in [0.3, 0.4) is 0 Å². The highest BCUT2D eigenvalue weighted by molar-refractivity contribution is 9.10. The average Bonchev–Trinajstić information content (AvgIpc) is 2.89. The van der Waals surface area contributed by atoms with Gasteiger partial charge in [0, 0.05) is 39.6 Å². The van der Waals surface area contributed by atoms with Crippen LogP contribution in [0.25, 0.3) is 0 Å². The molecule has 208 valence electrons. The first-order valence-corrected chi connectivity index (χ1v) is 15.7. The number of hydrogen-bond acceptors (Lipinski definition) is 4. The predicted octanol–water partition coefficient (Wildman–Crippen LogP) is 5.69. The van der Waals surface area contributed by atoms with E-state index in [0.717, 1.165) is 20.6 Å². The van der Waals surface area contributed by atoms with Gasteiger partial charge in [0.15, 0.2) is 0 Å². The second-order valence-electron chi connectivity index (χ2n) is 8.96. The molecular weight excluding hydrogens is 625 g/mol. The van der Waals surface area contributed by atoms with Crippen LogP contribution < -0.4 is 9.62 Å². The molecule has 0 saturated carbocycles. The van der Waals surface area contributed by atoms with Gasteiger partial charge in [0.1, 0.15) is 12.6 Å². The monoisotopic (exact) mass is 653 g/mol. The lowest BCUT2D eigenvalue weighted by atomic mass is 10.0. The lowest BCUT2D eigenvalue weighted by molar-refractivity contribution is -0.140. The summed E-state index contributed by atoms with van der Waals surface area (Å²) in [6, 6.07) is 19.9. The number of sulfonamides is 1. The van der Waals surface area contributed by atoms with E-state index in [1.165, 1.54) is 4.90 Å². The van der Waals surface area contributed by atoms with Crippen molar-refractivity contribution >= 4 is 66.7 Å². The summed E-state index contributed by atoms with van der Waals surface area (Å²) in [6.07, 6.45) is 1.95. The molecular formula is C28H30BrCl2N3O4S. The molecule has 3 aromatic rings. The predicted molar refractivity (Wildman–Crippen MR) is 161 cm³/mol. The molecule has 0 aliphatic carbocycles. The van der Waals surface area contributed by atoms with E-state index in [0.29, 0.717) is 34.3 Å². The van der Waals surface area contributed by atoms with Gasteiger partial charge in [0.05, 0.1) is 11.9 Å². The van der Waals surface area contributed by atoms with Crippen LogP contribution in [0.2, 0.25) is 10.0 Å². The largest absolute Gasteiger partial charge is 0.354 e. The number of carbonyl (C=O) groups is 2. The zero-order valence-electron chi connectivity index (χ0n) is 21.6. The first-order valence-electron chi connectivity index (χ1n) is 12.3. The standard InChI is InChI=1S/C28H30BrCl2N3O4S/c1-3-16-32-28(36)26(17-20-8-5-4-6-9-20)33(18-23-24(30)10-7-11-25(23)31)27(35)19-34(39(2,37)38)22-14-12-21(29)13-15-22/h4-15,26H,3,16-19H2,1-2H3,(H,32,36). The molecule has 1 unspecified atom stereocenters. The summed E-state index contributed by atoms with van der Waals surface area (Å²) in [6.45, 7) is 1.75. The molecule has 0 saturated heterocycles. The van der Waals surface area contributed by atoms with Crippen LogP contribution in [0.4, 0.5) is 5.69 Å². The van der Waals surface area contributed by atoms with Crippen molar-refractivity contribution in [3.8, 4) is 0 Å². The third-order valence-corrected chi connectivity index (χ3v) is 8.38. The smallest absolute Gasteiger partial charge is 0.244 e. The van der Waals surface area contributed by atoms with E-state index in [-0.39, 0.29) is 18.9 Å². The Morgan fingerprint density at radius 1 is 0.949 bits per heavy atom. The lowest BCUT2D eigenvalue weighted by Gasteiger charge is -2.34. The van der Waals surface area contributed by atoms with E-state index in [1.807, 2.05) is 37.3 Å². The van der Waals surface area contributed by atoms with E-state index in [4.69, 9.17) is 23.2 Å². The minimum atomic E-state index is -3.85. The van der Waals surface area contributed by atoms with Crippen molar-refractivity contribution in [3.63, 3.8) is 0 Å². The Hall–Kier alpha value is -2.59. The molecule has 7 nitrogen and oxygen atoms in total. The fraction of sp³-hybridized carbons (Fsp3) is 0.286. The summed E-state index contributed by atoms with van der Waals surface area (Å²) in [7, 11) is -3.85. The molecule has 1 N–H and O–H groups in total. The summed E-state index contributed by atoms with van der Waals surface area (Å²) < 4.78 is 27.4. The van der Waals surface area contributed by atoms with E-state index < -0.39 is 28.5 Å². The normalized spacial score (nSPS) is 12.0. The topological polar surface area (TPSA) is 86.8 Å². The van der Waals surface area contributed by atoms with E-state index >= 15 is 0 Å². The molecule has 0 heterocycles. The average molecular weight is 655 g/mol. The van der Waals surface area contributed by atoms with Crippen LogP contribution in [-0.2, 0) is 32.6 Å². The Bertz CT molecular complexity index is 1370. The molecule has 0 aliphatic rings. The highest BCUT2D eigenvalue weighted by Crippen LogP contribution is 2.28. The van der Waals surface area contributed by atoms with Gasteiger partial charge in [0.2, 0.25) is 21.8 Å².